The van der Waals surface area contributed by atoms with E-state index in [-0.39, 0.29) is 26.8 Å². The number of rotatable bonds is 7. The molecule has 0 atom stereocenters. The van der Waals surface area contributed by atoms with Crippen molar-refractivity contribution < 1.29 is 0 Å². The predicted octanol–water partition coefficient (Wildman–Crippen LogP) is 5.96. The van der Waals surface area contributed by atoms with Gasteiger partial charge in [0, 0.05) is 0 Å². The molecule has 0 aliphatic heterocycles. The van der Waals surface area contributed by atoms with Gasteiger partial charge in [0.2, 0.25) is 0 Å². The van der Waals surface area contributed by atoms with E-state index in [2.05, 4.69) is 13.8 Å². The number of unbranched alkanes of at least 4 members (excludes halogenated alkanes) is 7. The molecule has 0 aromatic carbocycles. The first-order valence-electron chi connectivity index (χ1n) is 5.58. The number of hydrogen-bond donors (Lipinski definition) is 0. The third kappa shape index (κ3) is 44.2. The van der Waals surface area contributed by atoms with Crippen molar-refractivity contribution in [2.75, 3.05) is 0 Å². The number of hydrogen-bond acceptors (Lipinski definition) is 0. The van der Waals surface area contributed by atoms with E-state index >= 15 is 0 Å². The summed E-state index contributed by atoms with van der Waals surface area (Å²) in [4.78, 5) is 0. The van der Waals surface area contributed by atoms with Crippen LogP contribution in [-0.2, 0) is 0 Å². The third-order valence-electron chi connectivity index (χ3n) is 1.85. The van der Waals surface area contributed by atoms with Crippen LogP contribution >= 0.6 is 40.2 Å². The number of halogens is 4. The van der Waals surface area contributed by atoms with Crippen molar-refractivity contribution >= 4 is 66.9 Å². The van der Waals surface area contributed by atoms with E-state index in [1.165, 1.54) is 44.9 Å². The van der Waals surface area contributed by atoms with Crippen LogP contribution in [0.1, 0.15) is 58.3 Å². The summed E-state index contributed by atoms with van der Waals surface area (Å²) in [6, 6.07) is 0. The van der Waals surface area contributed by atoms with Crippen LogP contribution in [-0.4, -0.2) is 26.8 Å². The zero-order chi connectivity index (χ0) is 13.1. The first-order valence-corrected chi connectivity index (χ1v) is 12.6. The molecule has 0 bridgehead atoms. The fourth-order valence-electron chi connectivity index (χ4n) is 1.13. The average molecular weight is 337 g/mol. The van der Waals surface area contributed by atoms with E-state index in [0.29, 0.717) is 0 Å². The molecule has 0 rings (SSSR count). The summed E-state index contributed by atoms with van der Waals surface area (Å²) in [5, 5.41) is 0. The Morgan fingerprint density at radius 3 is 1.56 bits per heavy atom. The first-order chi connectivity index (χ1) is 7.74. The monoisotopic (exact) mass is 335 g/mol. The Hall–Kier alpha value is 2.22. The Morgan fingerprint density at radius 1 is 0.938 bits per heavy atom. The Bertz CT molecular complexity index is 77.2. The summed E-state index contributed by atoms with van der Waals surface area (Å²) < 4.78 is 0. The van der Waals surface area contributed by atoms with Crippen LogP contribution in [0.25, 0.3) is 0 Å². The SMILES string of the molecule is [CH2-]CCCCCCCCC.[Cl][Al+][Cl].[Cl][Al][Cl]. The van der Waals surface area contributed by atoms with Gasteiger partial charge in [-0.2, -0.15) is 6.42 Å². The van der Waals surface area contributed by atoms with Crippen LogP contribution in [0.3, 0.4) is 0 Å². The van der Waals surface area contributed by atoms with Gasteiger partial charge in [-0.15, -0.1) is 0 Å². The Labute approximate surface area is 131 Å². The molecule has 0 aliphatic rings. The molecule has 16 heavy (non-hydrogen) atoms. The van der Waals surface area contributed by atoms with E-state index in [1.807, 2.05) is 0 Å². The standard InChI is InChI=1S/C10H21.2Al.4ClH/c1-3-5-7-9-10-8-6-4-2;;;;;;/h1,3-10H2,2H3;;;4*1H/q-1;+2;+3;;;;/p-4. The van der Waals surface area contributed by atoms with Gasteiger partial charge >= 0.3 is 46.9 Å². The van der Waals surface area contributed by atoms with Crippen LogP contribution in [0.5, 0.6) is 0 Å². The van der Waals surface area contributed by atoms with Crippen LogP contribution in [0, 0.1) is 6.92 Å². The van der Waals surface area contributed by atoms with E-state index in [0.717, 1.165) is 6.42 Å². The van der Waals surface area contributed by atoms with Gasteiger partial charge in [-0.25, -0.2) is 20.1 Å². The maximum Gasteiger partial charge on any atom is 0.495 e. The smallest absolute Gasteiger partial charge is 0.248 e. The van der Waals surface area contributed by atoms with Gasteiger partial charge in [0.25, 0.3) is 0 Å². The molecule has 95 valence electrons. The maximum atomic E-state index is 4.85. The van der Waals surface area contributed by atoms with Gasteiger partial charge in [0.1, 0.15) is 0 Å². The average Bonchev–Trinajstić information content (AvgIpc) is 2.26. The van der Waals surface area contributed by atoms with Crippen molar-refractivity contribution in [3.63, 3.8) is 0 Å². The fourth-order valence-corrected chi connectivity index (χ4v) is 1.13. The normalized spacial score (nSPS) is 7.88. The summed E-state index contributed by atoms with van der Waals surface area (Å²) in [7, 11) is 19.4. The maximum absolute atomic E-state index is 4.85. The van der Waals surface area contributed by atoms with Crippen LogP contribution in [0.4, 0.5) is 0 Å². The predicted molar refractivity (Wildman–Crippen MR) is 82.9 cm³/mol. The fraction of sp³-hybridized carbons (Fsp3) is 0.900. The van der Waals surface area contributed by atoms with E-state index < -0.39 is 0 Å². The van der Waals surface area contributed by atoms with E-state index in [4.69, 9.17) is 40.2 Å². The minimum absolute atomic E-state index is 0.306. The minimum Gasteiger partial charge on any atom is -0.248 e. The molecule has 0 aliphatic carbocycles. The van der Waals surface area contributed by atoms with Gasteiger partial charge in [-0.1, -0.05) is 51.9 Å². The van der Waals surface area contributed by atoms with Crippen molar-refractivity contribution in [1.29, 1.82) is 0 Å². The second kappa shape index (κ2) is 30.3. The Balaban J connectivity index is -0.000000235. The van der Waals surface area contributed by atoms with Crippen molar-refractivity contribution in [3.8, 4) is 0 Å². The summed E-state index contributed by atoms with van der Waals surface area (Å²) in [6.07, 6.45) is 10.9. The molecule has 0 nitrogen and oxygen atoms in total. The van der Waals surface area contributed by atoms with Gasteiger partial charge in [0.15, 0.2) is 0 Å². The van der Waals surface area contributed by atoms with Gasteiger partial charge in [-0.3, -0.25) is 0 Å². The van der Waals surface area contributed by atoms with Gasteiger partial charge in [-0.05, 0) is 0 Å². The molecule has 0 N–H and O–H groups in total. The molecule has 0 heterocycles. The molecule has 0 fully saturated rings. The van der Waals surface area contributed by atoms with Crippen LogP contribution < -0.4 is 0 Å². The molecule has 0 spiro atoms. The van der Waals surface area contributed by atoms with Crippen LogP contribution in [0.2, 0.25) is 0 Å². The van der Waals surface area contributed by atoms with E-state index in [9.17, 15) is 0 Å². The molecule has 6 heteroatoms. The second-order valence-corrected chi connectivity index (χ2v) is 7.43. The molecule has 0 aromatic rings. The van der Waals surface area contributed by atoms with Crippen LogP contribution in [0.15, 0.2) is 0 Å². The molecule has 0 saturated heterocycles. The summed E-state index contributed by atoms with van der Waals surface area (Å²) in [6.45, 7) is 6.08. The molecule has 1 radical (unpaired) electrons. The summed E-state index contributed by atoms with van der Waals surface area (Å²) in [5.74, 6) is 0. The summed E-state index contributed by atoms with van der Waals surface area (Å²) in [5.41, 5.74) is 0. The molecular formula is C10H21Al2Cl4. The Morgan fingerprint density at radius 2 is 1.25 bits per heavy atom. The zero-order valence-corrected chi connectivity index (χ0v) is 15.4. The second-order valence-electron chi connectivity index (χ2n) is 3.14. The van der Waals surface area contributed by atoms with Crippen molar-refractivity contribution in [2.24, 2.45) is 0 Å². The third-order valence-corrected chi connectivity index (χ3v) is 1.85. The quantitative estimate of drug-likeness (QED) is 0.306. The van der Waals surface area contributed by atoms with Gasteiger partial charge < -0.3 is 6.92 Å². The zero-order valence-electron chi connectivity index (χ0n) is 10.0. The Kier molecular flexibility index (Phi) is 44.2. The minimum atomic E-state index is -0.306. The molecule has 0 aromatic heterocycles. The topological polar surface area (TPSA) is 0 Å². The van der Waals surface area contributed by atoms with E-state index in [1.54, 1.807) is 0 Å². The molecular weight excluding hydrogens is 316 g/mol. The van der Waals surface area contributed by atoms with Gasteiger partial charge in [0.05, 0.1) is 0 Å². The first kappa shape index (κ1) is 23.3. The summed E-state index contributed by atoms with van der Waals surface area (Å²) >= 11 is -0.611. The largest absolute Gasteiger partial charge is 0.495 e. The molecule has 0 saturated carbocycles. The molecule has 0 unspecified atom stereocenters. The van der Waals surface area contributed by atoms with Crippen molar-refractivity contribution in [3.05, 3.63) is 6.92 Å². The van der Waals surface area contributed by atoms with Crippen molar-refractivity contribution in [1.82, 2.24) is 0 Å². The molecule has 0 amide bonds. The van der Waals surface area contributed by atoms with Crippen molar-refractivity contribution in [2.45, 2.75) is 58.3 Å².